The summed E-state index contributed by atoms with van der Waals surface area (Å²) >= 11 is 0. The molecule has 6 nitrogen and oxygen atoms in total. The van der Waals surface area contributed by atoms with E-state index in [1.807, 2.05) is 30.6 Å². The number of H-pyrrole nitrogens is 1. The van der Waals surface area contributed by atoms with Crippen molar-refractivity contribution in [2.24, 2.45) is 0 Å². The molecular formula is C20H18N6. The molecule has 0 saturated carbocycles. The van der Waals surface area contributed by atoms with Gasteiger partial charge in [-0.1, -0.05) is 0 Å². The molecule has 0 aromatic carbocycles. The van der Waals surface area contributed by atoms with E-state index in [1.54, 1.807) is 12.4 Å². The monoisotopic (exact) mass is 342 g/mol. The van der Waals surface area contributed by atoms with E-state index in [4.69, 9.17) is 4.98 Å². The molecular weight excluding hydrogens is 324 g/mol. The van der Waals surface area contributed by atoms with Crippen LogP contribution in [0.15, 0.2) is 55.2 Å². The van der Waals surface area contributed by atoms with Crippen LogP contribution < -0.4 is 0 Å². The van der Waals surface area contributed by atoms with Crippen LogP contribution in [-0.2, 0) is 19.5 Å². The SMILES string of the molecule is c1cnc2[nH]cc(CN3CCc4cnc(-c5ccncc5)nc4C3)c2c1. The van der Waals surface area contributed by atoms with E-state index in [9.17, 15) is 0 Å². The van der Waals surface area contributed by atoms with Gasteiger partial charge in [0.05, 0.1) is 5.69 Å². The van der Waals surface area contributed by atoms with Crippen molar-refractivity contribution in [2.75, 3.05) is 6.54 Å². The van der Waals surface area contributed by atoms with Crippen LogP contribution in [0, 0.1) is 0 Å². The summed E-state index contributed by atoms with van der Waals surface area (Å²) in [5.74, 6) is 0.768. The highest BCUT2D eigenvalue weighted by atomic mass is 15.1. The normalized spacial score (nSPS) is 14.5. The molecule has 6 heteroatoms. The molecule has 0 bridgehead atoms. The Hall–Kier alpha value is -3.12. The van der Waals surface area contributed by atoms with Gasteiger partial charge in [0.25, 0.3) is 0 Å². The molecule has 4 aromatic heterocycles. The molecule has 0 spiro atoms. The molecule has 5 rings (SSSR count). The lowest BCUT2D eigenvalue weighted by Crippen LogP contribution is -2.31. The topological polar surface area (TPSA) is 70.6 Å². The average molecular weight is 342 g/mol. The van der Waals surface area contributed by atoms with E-state index in [1.165, 1.54) is 16.5 Å². The Balaban J connectivity index is 1.40. The molecule has 0 atom stereocenters. The molecule has 1 N–H and O–H groups in total. The van der Waals surface area contributed by atoms with Crippen molar-refractivity contribution in [1.29, 1.82) is 0 Å². The Labute approximate surface area is 151 Å². The zero-order chi connectivity index (χ0) is 17.3. The third kappa shape index (κ3) is 2.74. The van der Waals surface area contributed by atoms with E-state index in [0.29, 0.717) is 0 Å². The van der Waals surface area contributed by atoms with Crippen molar-refractivity contribution >= 4 is 11.0 Å². The Bertz CT molecular complexity index is 1060. The summed E-state index contributed by atoms with van der Waals surface area (Å²) in [6.45, 7) is 2.74. The molecule has 0 aliphatic carbocycles. The lowest BCUT2D eigenvalue weighted by atomic mass is 10.1. The van der Waals surface area contributed by atoms with Crippen LogP contribution in [-0.4, -0.2) is 36.4 Å². The van der Waals surface area contributed by atoms with Crippen LogP contribution in [0.5, 0.6) is 0 Å². The standard InChI is InChI=1S/C20H18N6/c1-2-17-16(11-24-20(17)22-6-1)12-26-9-5-15-10-23-19(25-18(15)13-26)14-3-7-21-8-4-14/h1-4,6-8,10-11H,5,9,12-13H2,(H,22,24). The Morgan fingerprint density at radius 2 is 2.00 bits per heavy atom. The van der Waals surface area contributed by atoms with Crippen LogP contribution in [0.3, 0.4) is 0 Å². The maximum atomic E-state index is 4.82. The fourth-order valence-corrected chi connectivity index (χ4v) is 3.52. The number of pyridine rings is 2. The lowest BCUT2D eigenvalue weighted by Gasteiger charge is -2.27. The number of hydrogen-bond acceptors (Lipinski definition) is 5. The summed E-state index contributed by atoms with van der Waals surface area (Å²) in [5, 5.41) is 1.19. The van der Waals surface area contributed by atoms with Gasteiger partial charge in [0.2, 0.25) is 0 Å². The van der Waals surface area contributed by atoms with Gasteiger partial charge in [-0.3, -0.25) is 9.88 Å². The first-order chi connectivity index (χ1) is 12.9. The van der Waals surface area contributed by atoms with Gasteiger partial charge in [-0.05, 0) is 41.8 Å². The van der Waals surface area contributed by atoms with Crippen molar-refractivity contribution < 1.29 is 0 Å². The number of aromatic nitrogens is 5. The maximum Gasteiger partial charge on any atom is 0.159 e. The van der Waals surface area contributed by atoms with Gasteiger partial charge in [-0.15, -0.1) is 0 Å². The molecule has 1 aliphatic rings. The number of nitrogens with one attached hydrogen (secondary N) is 1. The molecule has 0 amide bonds. The summed E-state index contributed by atoms with van der Waals surface area (Å²) in [7, 11) is 0. The fourth-order valence-electron chi connectivity index (χ4n) is 3.52. The fraction of sp³-hybridized carbons (Fsp3) is 0.200. The maximum absolute atomic E-state index is 4.82. The predicted molar refractivity (Wildman–Crippen MR) is 99.2 cm³/mol. The van der Waals surface area contributed by atoms with Crippen LogP contribution in [0.4, 0.5) is 0 Å². The van der Waals surface area contributed by atoms with Crippen LogP contribution in [0.25, 0.3) is 22.4 Å². The molecule has 0 unspecified atom stereocenters. The molecule has 1 aliphatic heterocycles. The third-order valence-electron chi connectivity index (χ3n) is 4.89. The van der Waals surface area contributed by atoms with Crippen LogP contribution in [0.1, 0.15) is 16.8 Å². The zero-order valence-electron chi connectivity index (χ0n) is 14.3. The number of aromatic amines is 1. The summed E-state index contributed by atoms with van der Waals surface area (Å²) < 4.78 is 0. The first kappa shape index (κ1) is 15.2. The molecule has 128 valence electrons. The van der Waals surface area contributed by atoms with Crippen molar-refractivity contribution in [2.45, 2.75) is 19.5 Å². The van der Waals surface area contributed by atoms with E-state index in [-0.39, 0.29) is 0 Å². The minimum atomic E-state index is 0.768. The smallest absolute Gasteiger partial charge is 0.159 e. The number of nitrogens with zero attached hydrogens (tertiary/aromatic N) is 5. The molecule has 5 heterocycles. The average Bonchev–Trinajstić information content (AvgIpc) is 3.11. The second kappa shape index (κ2) is 6.31. The van der Waals surface area contributed by atoms with E-state index >= 15 is 0 Å². The molecule has 0 saturated heterocycles. The number of hydrogen-bond donors (Lipinski definition) is 1. The van der Waals surface area contributed by atoms with Crippen molar-refractivity contribution in [3.63, 3.8) is 0 Å². The Kier molecular flexibility index (Phi) is 3.68. The Morgan fingerprint density at radius 3 is 2.92 bits per heavy atom. The summed E-state index contributed by atoms with van der Waals surface area (Å²) in [6, 6.07) is 8.00. The number of fused-ring (bicyclic) bond motifs is 2. The van der Waals surface area contributed by atoms with Gasteiger partial charge in [0.15, 0.2) is 5.82 Å². The quantitative estimate of drug-likeness (QED) is 0.620. The summed E-state index contributed by atoms with van der Waals surface area (Å²) in [6.07, 6.45) is 10.4. The summed E-state index contributed by atoms with van der Waals surface area (Å²) in [5.41, 5.74) is 5.60. The highest BCUT2D eigenvalue weighted by Gasteiger charge is 2.20. The summed E-state index contributed by atoms with van der Waals surface area (Å²) in [4.78, 5) is 23.5. The lowest BCUT2D eigenvalue weighted by molar-refractivity contribution is 0.242. The molecule has 26 heavy (non-hydrogen) atoms. The largest absolute Gasteiger partial charge is 0.346 e. The van der Waals surface area contributed by atoms with Gasteiger partial charge in [0, 0.05) is 61.6 Å². The minimum Gasteiger partial charge on any atom is -0.346 e. The van der Waals surface area contributed by atoms with E-state index < -0.39 is 0 Å². The highest BCUT2D eigenvalue weighted by molar-refractivity contribution is 5.79. The first-order valence-electron chi connectivity index (χ1n) is 8.75. The first-order valence-corrected chi connectivity index (χ1v) is 8.75. The van der Waals surface area contributed by atoms with Gasteiger partial charge >= 0.3 is 0 Å². The zero-order valence-corrected chi connectivity index (χ0v) is 14.3. The van der Waals surface area contributed by atoms with Gasteiger partial charge in [-0.2, -0.15) is 0 Å². The van der Waals surface area contributed by atoms with Crippen molar-refractivity contribution in [1.82, 2.24) is 29.8 Å². The molecule has 4 aromatic rings. The van der Waals surface area contributed by atoms with Gasteiger partial charge in [0.1, 0.15) is 5.65 Å². The van der Waals surface area contributed by atoms with Crippen LogP contribution in [0.2, 0.25) is 0 Å². The second-order valence-electron chi connectivity index (χ2n) is 6.58. The van der Waals surface area contributed by atoms with E-state index in [2.05, 4.69) is 37.1 Å². The van der Waals surface area contributed by atoms with Gasteiger partial charge < -0.3 is 4.98 Å². The minimum absolute atomic E-state index is 0.768. The molecule has 0 fully saturated rings. The van der Waals surface area contributed by atoms with Crippen LogP contribution >= 0.6 is 0 Å². The second-order valence-corrected chi connectivity index (χ2v) is 6.58. The van der Waals surface area contributed by atoms with E-state index in [0.717, 1.165) is 48.8 Å². The predicted octanol–water partition coefficient (Wildman–Crippen LogP) is 2.97. The number of rotatable bonds is 3. The third-order valence-corrected chi connectivity index (χ3v) is 4.89. The Morgan fingerprint density at radius 1 is 1.08 bits per heavy atom. The molecule has 0 radical (unpaired) electrons. The van der Waals surface area contributed by atoms with Crippen molar-refractivity contribution in [3.8, 4) is 11.4 Å². The van der Waals surface area contributed by atoms with Gasteiger partial charge in [-0.25, -0.2) is 15.0 Å². The highest BCUT2D eigenvalue weighted by Crippen LogP contribution is 2.24. The van der Waals surface area contributed by atoms with Crippen molar-refractivity contribution in [3.05, 3.63) is 72.1 Å².